The van der Waals surface area contributed by atoms with Crippen molar-refractivity contribution in [2.45, 2.75) is 19.7 Å². The van der Waals surface area contributed by atoms with Crippen LogP contribution < -0.4 is 4.74 Å². The summed E-state index contributed by atoms with van der Waals surface area (Å²) in [6.45, 7) is 3.54. The van der Waals surface area contributed by atoms with Gasteiger partial charge in [0.25, 0.3) is 0 Å². The minimum absolute atomic E-state index is 0.181. The van der Waals surface area contributed by atoms with Gasteiger partial charge >= 0.3 is 0 Å². The molecule has 0 atom stereocenters. The Morgan fingerprint density at radius 3 is 2.67 bits per heavy atom. The fraction of sp³-hybridized carbons (Fsp3) is 0.214. The van der Waals surface area contributed by atoms with E-state index < -0.39 is 0 Å². The van der Waals surface area contributed by atoms with Crippen molar-refractivity contribution in [1.29, 1.82) is 0 Å². The van der Waals surface area contributed by atoms with Crippen LogP contribution in [0, 0.1) is 19.7 Å². The molecule has 0 aliphatic carbocycles. The van der Waals surface area contributed by atoms with Gasteiger partial charge in [0.1, 0.15) is 0 Å². The molecule has 0 saturated heterocycles. The fourth-order valence-corrected chi connectivity index (χ4v) is 1.86. The quantitative estimate of drug-likeness (QED) is 0.769. The molecule has 2 aromatic rings. The summed E-state index contributed by atoms with van der Waals surface area (Å²) in [7, 11) is 0. The predicted molar refractivity (Wildman–Crippen MR) is 69.7 cm³/mol. The Kier molecular flexibility index (Phi) is 3.82. The molecule has 18 heavy (non-hydrogen) atoms. The Hall–Kier alpha value is -1.61. The molecule has 0 saturated carbocycles. The summed E-state index contributed by atoms with van der Waals surface area (Å²) < 4.78 is 19.2. The zero-order valence-corrected chi connectivity index (χ0v) is 11.0. The van der Waals surface area contributed by atoms with Crippen LogP contribution in [0.5, 0.6) is 11.6 Å². The Labute approximate surface area is 110 Å². The average Bonchev–Trinajstić information content (AvgIpc) is 2.35. The number of aryl methyl sites for hydroxylation is 2. The summed E-state index contributed by atoms with van der Waals surface area (Å²) in [6.07, 6.45) is 0. The number of pyridine rings is 1. The number of nitrogens with zero attached hydrogens (tertiary/aromatic N) is 1. The molecule has 0 bridgehead atoms. The third-order valence-electron chi connectivity index (χ3n) is 2.68. The predicted octanol–water partition coefficient (Wildman–Crippen LogP) is 4.37. The summed E-state index contributed by atoms with van der Waals surface area (Å²) in [4.78, 5) is 4.24. The molecule has 0 amide bonds. The number of benzene rings is 1. The van der Waals surface area contributed by atoms with Gasteiger partial charge in [0.05, 0.1) is 0 Å². The second-order valence-corrected chi connectivity index (χ2v) is 4.28. The van der Waals surface area contributed by atoms with Gasteiger partial charge in [-0.3, -0.25) is 0 Å². The van der Waals surface area contributed by atoms with Gasteiger partial charge in [-0.05, 0) is 31.0 Å². The Bertz CT molecular complexity index is 572. The second kappa shape index (κ2) is 5.36. The van der Waals surface area contributed by atoms with E-state index in [-0.39, 0.29) is 11.6 Å². The molecule has 94 valence electrons. The first-order chi connectivity index (χ1) is 8.61. The van der Waals surface area contributed by atoms with Crippen LogP contribution in [0.25, 0.3) is 0 Å². The summed E-state index contributed by atoms with van der Waals surface area (Å²) in [5.74, 6) is 0.586. The number of halogens is 2. The van der Waals surface area contributed by atoms with Crippen molar-refractivity contribution < 1.29 is 9.13 Å². The first kappa shape index (κ1) is 12.8. The van der Waals surface area contributed by atoms with Crippen LogP contribution in [-0.2, 0) is 5.88 Å². The van der Waals surface area contributed by atoms with Gasteiger partial charge in [-0.15, -0.1) is 11.6 Å². The van der Waals surface area contributed by atoms with Gasteiger partial charge < -0.3 is 4.74 Å². The first-order valence-corrected chi connectivity index (χ1v) is 6.10. The summed E-state index contributed by atoms with van der Waals surface area (Å²) in [6, 6.07) is 8.53. The summed E-state index contributed by atoms with van der Waals surface area (Å²) in [5, 5.41) is 0. The molecule has 0 aliphatic heterocycles. The van der Waals surface area contributed by atoms with Crippen molar-refractivity contribution in [2.75, 3.05) is 0 Å². The highest BCUT2D eigenvalue weighted by molar-refractivity contribution is 6.17. The van der Waals surface area contributed by atoms with Gasteiger partial charge in [0.15, 0.2) is 11.6 Å². The normalized spacial score (nSPS) is 10.4. The molecule has 2 nitrogen and oxygen atoms in total. The van der Waals surface area contributed by atoms with E-state index in [0.717, 1.165) is 11.3 Å². The lowest BCUT2D eigenvalue weighted by Gasteiger charge is -2.09. The van der Waals surface area contributed by atoms with Crippen molar-refractivity contribution >= 4 is 11.6 Å². The minimum Gasteiger partial charge on any atom is -0.436 e. The Morgan fingerprint density at radius 1 is 1.22 bits per heavy atom. The van der Waals surface area contributed by atoms with Crippen LogP contribution in [0.2, 0.25) is 0 Å². The standard InChI is InChI=1S/C14H13ClFNO/c1-9-4-3-5-12(14(9)16)18-13-7-6-11(8-15)10(2)17-13/h3-7H,8H2,1-2H3. The van der Waals surface area contributed by atoms with Crippen LogP contribution in [0.3, 0.4) is 0 Å². The third-order valence-corrected chi connectivity index (χ3v) is 2.97. The van der Waals surface area contributed by atoms with Crippen molar-refractivity contribution in [2.24, 2.45) is 0 Å². The van der Waals surface area contributed by atoms with E-state index in [9.17, 15) is 4.39 Å². The van der Waals surface area contributed by atoms with Crippen molar-refractivity contribution in [1.82, 2.24) is 4.98 Å². The Morgan fingerprint density at radius 2 is 2.00 bits per heavy atom. The minimum atomic E-state index is -0.363. The van der Waals surface area contributed by atoms with Gasteiger partial charge in [0, 0.05) is 17.6 Å². The molecule has 0 aliphatic rings. The van der Waals surface area contributed by atoms with E-state index in [1.54, 1.807) is 31.2 Å². The zero-order valence-electron chi connectivity index (χ0n) is 10.2. The monoisotopic (exact) mass is 265 g/mol. The number of aromatic nitrogens is 1. The molecule has 0 spiro atoms. The molecule has 1 heterocycles. The summed E-state index contributed by atoms with van der Waals surface area (Å²) in [5.41, 5.74) is 2.27. The molecule has 0 fully saturated rings. The number of hydrogen-bond acceptors (Lipinski definition) is 2. The van der Waals surface area contributed by atoms with Gasteiger partial charge in [0.2, 0.25) is 5.88 Å². The van der Waals surface area contributed by atoms with E-state index in [1.165, 1.54) is 0 Å². The molecule has 1 aromatic carbocycles. The van der Waals surface area contributed by atoms with Crippen molar-refractivity contribution in [3.63, 3.8) is 0 Å². The average molecular weight is 266 g/mol. The molecule has 4 heteroatoms. The number of alkyl halides is 1. The van der Waals surface area contributed by atoms with Crippen LogP contribution in [0.1, 0.15) is 16.8 Å². The lowest BCUT2D eigenvalue weighted by molar-refractivity contribution is 0.424. The number of ether oxygens (including phenoxy) is 1. The van der Waals surface area contributed by atoms with Crippen molar-refractivity contribution in [3.8, 4) is 11.6 Å². The van der Waals surface area contributed by atoms with Crippen LogP contribution >= 0.6 is 11.6 Å². The first-order valence-electron chi connectivity index (χ1n) is 5.57. The van der Waals surface area contributed by atoms with E-state index in [2.05, 4.69) is 4.98 Å². The third kappa shape index (κ3) is 2.62. The maximum absolute atomic E-state index is 13.8. The van der Waals surface area contributed by atoms with Gasteiger partial charge in [-0.2, -0.15) is 0 Å². The maximum Gasteiger partial charge on any atom is 0.219 e. The maximum atomic E-state index is 13.8. The van der Waals surface area contributed by atoms with Crippen LogP contribution in [0.15, 0.2) is 30.3 Å². The highest BCUT2D eigenvalue weighted by atomic mass is 35.5. The van der Waals surface area contributed by atoms with Gasteiger partial charge in [-0.1, -0.05) is 18.2 Å². The van der Waals surface area contributed by atoms with E-state index in [0.29, 0.717) is 17.3 Å². The molecular weight excluding hydrogens is 253 g/mol. The summed E-state index contributed by atoms with van der Waals surface area (Å²) >= 11 is 5.75. The molecular formula is C14H13ClFNO. The van der Waals surface area contributed by atoms with Crippen LogP contribution in [-0.4, -0.2) is 4.98 Å². The number of rotatable bonds is 3. The second-order valence-electron chi connectivity index (χ2n) is 4.02. The highest BCUT2D eigenvalue weighted by Crippen LogP contribution is 2.25. The fourth-order valence-electron chi connectivity index (χ4n) is 1.58. The largest absolute Gasteiger partial charge is 0.436 e. The lowest BCUT2D eigenvalue weighted by Crippen LogP contribution is -1.96. The lowest BCUT2D eigenvalue weighted by atomic mass is 10.2. The molecule has 1 aromatic heterocycles. The topological polar surface area (TPSA) is 22.1 Å². The SMILES string of the molecule is Cc1cccc(Oc2ccc(CCl)c(C)n2)c1F. The molecule has 0 radical (unpaired) electrons. The van der Waals surface area contributed by atoms with Gasteiger partial charge in [-0.25, -0.2) is 9.37 Å². The van der Waals surface area contributed by atoms with Crippen molar-refractivity contribution in [3.05, 3.63) is 53.0 Å². The van der Waals surface area contributed by atoms with E-state index in [4.69, 9.17) is 16.3 Å². The van der Waals surface area contributed by atoms with Crippen LogP contribution in [0.4, 0.5) is 4.39 Å². The smallest absolute Gasteiger partial charge is 0.219 e. The molecule has 0 unspecified atom stereocenters. The van der Waals surface area contributed by atoms with E-state index in [1.807, 2.05) is 13.0 Å². The zero-order chi connectivity index (χ0) is 13.1. The van der Waals surface area contributed by atoms with E-state index >= 15 is 0 Å². The molecule has 2 rings (SSSR count). The Balaban J connectivity index is 2.29. The molecule has 0 N–H and O–H groups in total. The highest BCUT2D eigenvalue weighted by Gasteiger charge is 2.08. The number of hydrogen-bond donors (Lipinski definition) is 0.